The summed E-state index contributed by atoms with van der Waals surface area (Å²) < 4.78 is 13.2. The molecule has 1 aromatic rings. The number of nitrogens with zero attached hydrogens (tertiary/aromatic N) is 2. The van der Waals surface area contributed by atoms with Crippen molar-refractivity contribution >= 4 is 0 Å². The van der Waals surface area contributed by atoms with Crippen LogP contribution in [0.5, 0.6) is 0 Å². The summed E-state index contributed by atoms with van der Waals surface area (Å²) in [6, 6.07) is 6.65. The minimum Gasteiger partial charge on any atom is -0.326 e. The number of likely N-dealkylation sites (N-methyl/N-ethyl adjacent to an activating group) is 1. The second-order valence-electron chi connectivity index (χ2n) is 4.23. The van der Waals surface area contributed by atoms with Crippen LogP contribution in [0.15, 0.2) is 18.2 Å². The second kappa shape index (κ2) is 4.20. The van der Waals surface area contributed by atoms with Crippen molar-refractivity contribution in [3.05, 3.63) is 35.1 Å². The molecule has 1 aliphatic heterocycles. The highest BCUT2D eigenvalue weighted by Gasteiger charge is 2.30. The third-order valence-corrected chi connectivity index (χ3v) is 3.15. The van der Waals surface area contributed by atoms with Crippen LogP contribution >= 0.6 is 0 Å². The van der Waals surface area contributed by atoms with E-state index in [9.17, 15) is 4.39 Å². The Morgan fingerprint density at radius 1 is 1.56 bits per heavy atom. The standard InChI is InChI=1S/C12H14FN3/c1-16-5-4-11(15)12(16)8-2-3-10(13)9(6-8)7-14/h2-3,6,11-12H,4-5,15H2,1H3. The fraction of sp³-hybridized carbons (Fsp3) is 0.417. The van der Waals surface area contributed by atoms with E-state index in [-0.39, 0.29) is 17.6 Å². The Bertz CT molecular complexity index is 428. The number of benzene rings is 1. The van der Waals surface area contributed by atoms with Gasteiger partial charge in [0.2, 0.25) is 0 Å². The quantitative estimate of drug-likeness (QED) is 0.776. The van der Waals surface area contributed by atoms with Gasteiger partial charge in [-0.2, -0.15) is 5.26 Å². The van der Waals surface area contributed by atoms with E-state index in [1.54, 1.807) is 12.1 Å². The zero-order valence-corrected chi connectivity index (χ0v) is 9.15. The van der Waals surface area contributed by atoms with Crippen molar-refractivity contribution in [2.75, 3.05) is 13.6 Å². The summed E-state index contributed by atoms with van der Waals surface area (Å²) in [6.07, 6.45) is 0.931. The number of likely N-dealkylation sites (tertiary alicyclic amines) is 1. The highest BCUT2D eigenvalue weighted by Crippen LogP contribution is 2.30. The first-order chi connectivity index (χ1) is 7.63. The van der Waals surface area contributed by atoms with Gasteiger partial charge in [0.05, 0.1) is 5.56 Å². The molecule has 16 heavy (non-hydrogen) atoms. The van der Waals surface area contributed by atoms with Crippen molar-refractivity contribution in [2.45, 2.75) is 18.5 Å². The lowest BCUT2D eigenvalue weighted by molar-refractivity contribution is 0.304. The van der Waals surface area contributed by atoms with Gasteiger partial charge in [0.15, 0.2) is 0 Å². The molecule has 84 valence electrons. The number of rotatable bonds is 1. The lowest BCUT2D eigenvalue weighted by atomic mass is 9.99. The fourth-order valence-electron chi connectivity index (χ4n) is 2.29. The van der Waals surface area contributed by atoms with Crippen LogP contribution in [-0.2, 0) is 0 Å². The number of hydrogen-bond acceptors (Lipinski definition) is 3. The number of hydrogen-bond donors (Lipinski definition) is 1. The molecule has 0 aromatic heterocycles. The molecule has 1 aliphatic rings. The van der Waals surface area contributed by atoms with Gasteiger partial charge < -0.3 is 5.73 Å². The van der Waals surface area contributed by atoms with Gasteiger partial charge in [0.25, 0.3) is 0 Å². The first-order valence-electron chi connectivity index (χ1n) is 5.29. The number of nitriles is 1. The summed E-state index contributed by atoms with van der Waals surface area (Å²) >= 11 is 0. The van der Waals surface area contributed by atoms with E-state index >= 15 is 0 Å². The molecular weight excluding hydrogens is 205 g/mol. The van der Waals surface area contributed by atoms with Crippen LogP contribution in [0.25, 0.3) is 0 Å². The van der Waals surface area contributed by atoms with Crippen molar-refractivity contribution in [3.63, 3.8) is 0 Å². The van der Waals surface area contributed by atoms with Crippen molar-refractivity contribution in [1.29, 1.82) is 5.26 Å². The highest BCUT2D eigenvalue weighted by molar-refractivity contribution is 5.36. The molecule has 3 nitrogen and oxygen atoms in total. The summed E-state index contributed by atoms with van der Waals surface area (Å²) in [5.41, 5.74) is 7.02. The van der Waals surface area contributed by atoms with Crippen LogP contribution in [0, 0.1) is 17.1 Å². The molecule has 0 amide bonds. The smallest absolute Gasteiger partial charge is 0.140 e. The van der Waals surface area contributed by atoms with Gasteiger partial charge in [0, 0.05) is 18.6 Å². The zero-order chi connectivity index (χ0) is 11.7. The molecule has 2 rings (SSSR count). The minimum absolute atomic E-state index is 0.0574. The maximum Gasteiger partial charge on any atom is 0.140 e. The van der Waals surface area contributed by atoms with Crippen LogP contribution < -0.4 is 5.73 Å². The Hall–Kier alpha value is -1.44. The van der Waals surface area contributed by atoms with E-state index < -0.39 is 5.82 Å². The van der Waals surface area contributed by atoms with Crippen LogP contribution in [-0.4, -0.2) is 24.5 Å². The third-order valence-electron chi connectivity index (χ3n) is 3.15. The van der Waals surface area contributed by atoms with Gasteiger partial charge in [-0.25, -0.2) is 4.39 Å². The monoisotopic (exact) mass is 219 g/mol. The molecule has 1 heterocycles. The predicted molar refractivity (Wildman–Crippen MR) is 59.1 cm³/mol. The summed E-state index contributed by atoms with van der Waals surface area (Å²) in [5.74, 6) is -0.472. The molecule has 1 saturated heterocycles. The van der Waals surface area contributed by atoms with Crippen molar-refractivity contribution in [3.8, 4) is 6.07 Å². The molecule has 2 N–H and O–H groups in total. The molecule has 0 bridgehead atoms. The predicted octanol–water partition coefficient (Wildman–Crippen LogP) is 1.40. The molecule has 1 fully saturated rings. The van der Waals surface area contributed by atoms with E-state index in [0.717, 1.165) is 18.5 Å². The maximum absolute atomic E-state index is 13.2. The first kappa shape index (κ1) is 11.1. The SMILES string of the molecule is CN1CCC(N)C1c1ccc(F)c(C#N)c1. The molecule has 4 heteroatoms. The summed E-state index contributed by atoms with van der Waals surface area (Å²) in [4.78, 5) is 2.14. The van der Waals surface area contributed by atoms with E-state index in [4.69, 9.17) is 11.0 Å². The third kappa shape index (κ3) is 1.80. The minimum atomic E-state index is -0.472. The highest BCUT2D eigenvalue weighted by atomic mass is 19.1. The molecular formula is C12H14FN3. The van der Waals surface area contributed by atoms with E-state index in [0.29, 0.717) is 0 Å². The van der Waals surface area contributed by atoms with Crippen molar-refractivity contribution in [2.24, 2.45) is 5.73 Å². The van der Waals surface area contributed by atoms with Gasteiger partial charge in [-0.3, -0.25) is 4.90 Å². The maximum atomic E-state index is 13.2. The molecule has 2 atom stereocenters. The summed E-state index contributed by atoms with van der Waals surface area (Å²) in [6.45, 7) is 0.936. The first-order valence-corrected chi connectivity index (χ1v) is 5.29. The average molecular weight is 219 g/mol. The Kier molecular flexibility index (Phi) is 2.90. The molecule has 2 unspecified atom stereocenters. The van der Waals surface area contributed by atoms with Crippen LogP contribution in [0.3, 0.4) is 0 Å². The van der Waals surface area contributed by atoms with Gasteiger partial charge in [-0.1, -0.05) is 6.07 Å². The Morgan fingerprint density at radius 2 is 2.31 bits per heavy atom. The Balaban J connectivity index is 2.37. The summed E-state index contributed by atoms with van der Waals surface area (Å²) in [5, 5.41) is 8.78. The van der Waals surface area contributed by atoms with E-state index in [2.05, 4.69) is 4.90 Å². The summed E-state index contributed by atoms with van der Waals surface area (Å²) in [7, 11) is 1.99. The Labute approximate surface area is 94.3 Å². The van der Waals surface area contributed by atoms with Crippen molar-refractivity contribution in [1.82, 2.24) is 4.90 Å². The van der Waals surface area contributed by atoms with Gasteiger partial charge in [-0.15, -0.1) is 0 Å². The molecule has 0 aliphatic carbocycles. The molecule has 0 saturated carbocycles. The molecule has 0 radical (unpaired) electrons. The lowest BCUT2D eigenvalue weighted by Crippen LogP contribution is -2.29. The van der Waals surface area contributed by atoms with Crippen LogP contribution in [0.1, 0.15) is 23.6 Å². The topological polar surface area (TPSA) is 53.0 Å². The second-order valence-corrected chi connectivity index (χ2v) is 4.23. The fourth-order valence-corrected chi connectivity index (χ4v) is 2.29. The largest absolute Gasteiger partial charge is 0.326 e. The van der Waals surface area contributed by atoms with E-state index in [1.165, 1.54) is 6.07 Å². The van der Waals surface area contributed by atoms with Gasteiger partial charge in [0.1, 0.15) is 11.9 Å². The van der Waals surface area contributed by atoms with Crippen molar-refractivity contribution < 1.29 is 4.39 Å². The molecule has 0 spiro atoms. The van der Waals surface area contributed by atoms with Gasteiger partial charge >= 0.3 is 0 Å². The lowest BCUT2D eigenvalue weighted by Gasteiger charge is -2.23. The molecule has 1 aromatic carbocycles. The van der Waals surface area contributed by atoms with Crippen LogP contribution in [0.4, 0.5) is 4.39 Å². The Morgan fingerprint density at radius 3 is 2.88 bits per heavy atom. The van der Waals surface area contributed by atoms with E-state index in [1.807, 2.05) is 13.1 Å². The zero-order valence-electron chi connectivity index (χ0n) is 9.15. The van der Waals surface area contributed by atoms with Gasteiger partial charge in [-0.05, 0) is 31.2 Å². The number of nitrogens with two attached hydrogens (primary N) is 1. The number of halogens is 1. The normalized spacial score (nSPS) is 25.6. The average Bonchev–Trinajstić information content (AvgIpc) is 2.60. The van der Waals surface area contributed by atoms with Crippen LogP contribution in [0.2, 0.25) is 0 Å².